The summed E-state index contributed by atoms with van der Waals surface area (Å²) in [6.45, 7) is 1.89. The van der Waals surface area contributed by atoms with Crippen LogP contribution in [0.5, 0.6) is 11.6 Å². The van der Waals surface area contributed by atoms with Gasteiger partial charge in [-0.2, -0.15) is 5.10 Å². The molecule has 2 N–H and O–H groups in total. The quantitative estimate of drug-likeness (QED) is 0.502. The van der Waals surface area contributed by atoms with Gasteiger partial charge in [-0.15, -0.1) is 0 Å². The largest absolute Gasteiger partial charge is 0.484 e. The average molecular weight is 408 g/mol. The molecular formula is C23H25FN4O2. The van der Waals surface area contributed by atoms with Gasteiger partial charge in [0.25, 0.3) is 0 Å². The summed E-state index contributed by atoms with van der Waals surface area (Å²) < 4.78 is 26.2. The Morgan fingerprint density at radius 1 is 1.03 bits per heavy atom. The molecule has 4 aromatic rings. The van der Waals surface area contributed by atoms with Crippen molar-refractivity contribution in [3.63, 3.8) is 0 Å². The lowest BCUT2D eigenvalue weighted by Gasteiger charge is -2.23. The van der Waals surface area contributed by atoms with E-state index in [1.165, 1.54) is 12.1 Å². The molecule has 4 rings (SSSR count). The van der Waals surface area contributed by atoms with Crippen LogP contribution >= 0.6 is 0 Å². The van der Waals surface area contributed by atoms with Crippen molar-refractivity contribution < 1.29 is 13.9 Å². The van der Waals surface area contributed by atoms with Crippen LogP contribution in [0.1, 0.15) is 26.0 Å². The highest BCUT2D eigenvalue weighted by atomic mass is 19.1. The second kappa shape index (κ2) is 8.92. The second-order valence-corrected chi connectivity index (χ2v) is 6.78. The number of methoxy groups -OCH3 is 1. The third kappa shape index (κ3) is 4.26. The number of benzene rings is 2. The topological polar surface area (TPSA) is 75.2 Å². The Labute approximate surface area is 175 Å². The van der Waals surface area contributed by atoms with Gasteiger partial charge in [0, 0.05) is 29.3 Å². The maximum Gasteiger partial charge on any atom is 0.212 e. The van der Waals surface area contributed by atoms with Gasteiger partial charge in [-0.05, 0) is 55.5 Å². The zero-order chi connectivity index (χ0) is 20.4. The lowest BCUT2D eigenvalue weighted by atomic mass is 10.1. The summed E-state index contributed by atoms with van der Waals surface area (Å²) in [5.41, 5.74) is 8.71. The van der Waals surface area contributed by atoms with Crippen LogP contribution in [0.15, 0.2) is 67.0 Å². The number of pyridine rings is 1. The fourth-order valence-electron chi connectivity index (χ4n) is 3.18. The van der Waals surface area contributed by atoms with E-state index in [4.69, 9.17) is 15.2 Å². The van der Waals surface area contributed by atoms with Crippen molar-refractivity contribution in [3.05, 3.63) is 78.4 Å². The zero-order valence-corrected chi connectivity index (χ0v) is 16.1. The summed E-state index contributed by atoms with van der Waals surface area (Å²) >= 11 is 0. The molecular weight excluding hydrogens is 383 g/mol. The average Bonchev–Trinajstić information content (AvgIpc) is 3.16. The van der Waals surface area contributed by atoms with E-state index in [2.05, 4.69) is 10.1 Å². The molecule has 0 aliphatic heterocycles. The highest BCUT2D eigenvalue weighted by Crippen LogP contribution is 2.28. The van der Waals surface area contributed by atoms with E-state index in [0.29, 0.717) is 11.6 Å². The van der Waals surface area contributed by atoms with Crippen molar-refractivity contribution in [3.8, 4) is 17.3 Å². The number of hydrogen-bond acceptors (Lipinski definition) is 5. The van der Waals surface area contributed by atoms with Crippen LogP contribution in [0.2, 0.25) is 0 Å². The molecule has 6 nitrogen and oxygen atoms in total. The predicted molar refractivity (Wildman–Crippen MR) is 116 cm³/mol. The van der Waals surface area contributed by atoms with Gasteiger partial charge in [0.1, 0.15) is 17.7 Å². The number of nitrogens with two attached hydrogens (primary N) is 1. The molecule has 0 aliphatic carbocycles. The van der Waals surface area contributed by atoms with Crippen LogP contribution in [-0.4, -0.2) is 27.9 Å². The minimum Gasteiger partial charge on any atom is -0.484 e. The first-order valence-corrected chi connectivity index (χ1v) is 9.21. The van der Waals surface area contributed by atoms with Gasteiger partial charge in [-0.1, -0.05) is 7.43 Å². The van der Waals surface area contributed by atoms with Gasteiger partial charge in [0.15, 0.2) is 0 Å². The Hall–Kier alpha value is -3.45. The monoisotopic (exact) mass is 408 g/mol. The number of rotatable bonds is 6. The Morgan fingerprint density at radius 2 is 1.80 bits per heavy atom. The Kier molecular flexibility index (Phi) is 6.32. The lowest BCUT2D eigenvalue weighted by Crippen LogP contribution is -2.29. The lowest BCUT2D eigenvalue weighted by molar-refractivity contribution is 0.180. The molecule has 2 heterocycles. The highest BCUT2D eigenvalue weighted by Gasteiger charge is 2.19. The molecule has 0 aliphatic rings. The van der Waals surface area contributed by atoms with Crippen molar-refractivity contribution in [2.24, 2.45) is 5.73 Å². The maximum atomic E-state index is 13.2. The van der Waals surface area contributed by atoms with Gasteiger partial charge in [0.05, 0.1) is 24.5 Å². The number of aromatic nitrogens is 3. The number of ether oxygens (including phenoxy) is 2. The molecule has 0 bridgehead atoms. The summed E-state index contributed by atoms with van der Waals surface area (Å²) in [5.74, 6) is 0.928. The van der Waals surface area contributed by atoms with Crippen LogP contribution in [0, 0.1) is 5.82 Å². The van der Waals surface area contributed by atoms with E-state index < -0.39 is 0 Å². The third-order valence-corrected chi connectivity index (χ3v) is 4.65. The van der Waals surface area contributed by atoms with Gasteiger partial charge < -0.3 is 15.2 Å². The molecule has 7 heteroatoms. The molecule has 2 aromatic carbocycles. The Bertz CT molecular complexity index is 1110. The molecule has 0 fully saturated rings. The van der Waals surface area contributed by atoms with Crippen molar-refractivity contribution in [1.82, 2.24) is 14.8 Å². The summed E-state index contributed by atoms with van der Waals surface area (Å²) in [5, 5.41) is 5.32. The van der Waals surface area contributed by atoms with Gasteiger partial charge in [-0.25, -0.2) is 14.1 Å². The summed E-state index contributed by atoms with van der Waals surface area (Å²) in [4.78, 5) is 4.24. The molecule has 0 unspecified atom stereocenters. The Morgan fingerprint density at radius 3 is 2.43 bits per heavy atom. The minimum absolute atomic E-state index is 0. The summed E-state index contributed by atoms with van der Waals surface area (Å²) in [6.07, 6.45) is 3.09. The van der Waals surface area contributed by atoms with Crippen molar-refractivity contribution in [2.75, 3.05) is 7.11 Å². The zero-order valence-electron chi connectivity index (χ0n) is 16.1. The number of fused-ring (bicyclic) bond motifs is 1. The third-order valence-electron chi connectivity index (χ3n) is 4.65. The molecule has 0 amide bonds. The van der Waals surface area contributed by atoms with Crippen molar-refractivity contribution in [2.45, 2.75) is 26.5 Å². The predicted octanol–water partition coefficient (Wildman–Crippen LogP) is 4.67. The second-order valence-electron chi connectivity index (χ2n) is 6.78. The van der Waals surface area contributed by atoms with Crippen LogP contribution < -0.4 is 15.2 Å². The number of hydrogen-bond donors (Lipinski definition) is 1. The SMILES string of the molecule is C.COc1ccc([C@@H](Oc2ccc3c(cnn3-c3ccc(F)cc3)c2)[C@H](C)N)cn1. The summed E-state index contributed by atoms with van der Waals surface area (Å²) in [7, 11) is 1.57. The van der Waals surface area contributed by atoms with E-state index in [1.807, 2.05) is 31.2 Å². The molecule has 30 heavy (non-hydrogen) atoms. The fraction of sp³-hybridized carbons (Fsp3) is 0.217. The molecule has 0 radical (unpaired) electrons. The Balaban J connectivity index is 0.00000256. The molecule has 0 spiro atoms. The smallest absolute Gasteiger partial charge is 0.212 e. The van der Waals surface area contributed by atoms with Crippen LogP contribution in [0.3, 0.4) is 0 Å². The molecule has 2 atom stereocenters. The molecule has 0 saturated carbocycles. The first-order chi connectivity index (χ1) is 14.0. The molecule has 156 valence electrons. The van der Waals surface area contributed by atoms with E-state index in [1.54, 1.807) is 42.4 Å². The van der Waals surface area contributed by atoms with Gasteiger partial charge in [0.2, 0.25) is 5.88 Å². The fourth-order valence-corrected chi connectivity index (χ4v) is 3.18. The first kappa shape index (κ1) is 21.3. The standard InChI is InChI=1S/C22H21FN4O2.CH4/c1-14(24)22(15-3-10-21(28-2)25-12-15)29-19-8-9-20-16(11-19)13-26-27(20)18-6-4-17(23)5-7-18;/h3-14,22H,24H2,1-2H3;1H4/t14-,22-;/m0./s1. The molecule has 2 aromatic heterocycles. The van der Waals surface area contributed by atoms with Gasteiger partial charge in [-0.3, -0.25) is 0 Å². The van der Waals surface area contributed by atoms with E-state index in [0.717, 1.165) is 22.2 Å². The van der Waals surface area contributed by atoms with Gasteiger partial charge >= 0.3 is 0 Å². The normalized spacial score (nSPS) is 12.8. The van der Waals surface area contributed by atoms with E-state index in [-0.39, 0.29) is 25.4 Å². The van der Waals surface area contributed by atoms with E-state index >= 15 is 0 Å². The highest BCUT2D eigenvalue weighted by molar-refractivity contribution is 5.81. The maximum absolute atomic E-state index is 13.2. The minimum atomic E-state index is -0.363. The van der Waals surface area contributed by atoms with Crippen LogP contribution in [0.4, 0.5) is 4.39 Å². The number of halogens is 1. The van der Waals surface area contributed by atoms with E-state index in [9.17, 15) is 4.39 Å². The number of nitrogens with zero attached hydrogens (tertiary/aromatic N) is 3. The summed E-state index contributed by atoms with van der Waals surface area (Å²) in [6, 6.07) is 15.3. The van der Waals surface area contributed by atoms with Crippen molar-refractivity contribution >= 4 is 10.9 Å². The van der Waals surface area contributed by atoms with Crippen LogP contribution in [-0.2, 0) is 0 Å². The van der Waals surface area contributed by atoms with Crippen molar-refractivity contribution in [1.29, 1.82) is 0 Å². The first-order valence-electron chi connectivity index (χ1n) is 9.21. The molecule has 0 saturated heterocycles. The van der Waals surface area contributed by atoms with Crippen LogP contribution in [0.25, 0.3) is 16.6 Å².